The number of aromatic nitrogens is 1. The fourth-order valence-corrected chi connectivity index (χ4v) is 2.62. The summed E-state index contributed by atoms with van der Waals surface area (Å²) >= 11 is 3.35. The van der Waals surface area contributed by atoms with Crippen molar-refractivity contribution in [3.63, 3.8) is 0 Å². The molecule has 0 saturated carbocycles. The van der Waals surface area contributed by atoms with Crippen LogP contribution in [0.2, 0.25) is 0 Å². The van der Waals surface area contributed by atoms with Crippen LogP contribution in [0.25, 0.3) is 10.9 Å². The highest BCUT2D eigenvalue weighted by Gasteiger charge is 2.04. The van der Waals surface area contributed by atoms with Gasteiger partial charge in [0.15, 0.2) is 0 Å². The third-order valence-corrected chi connectivity index (χ3v) is 3.74. The zero-order valence-electron chi connectivity index (χ0n) is 10.1. The molecule has 0 amide bonds. The Labute approximate surface area is 118 Å². The zero-order valence-corrected chi connectivity index (χ0v) is 11.7. The average Bonchev–Trinajstić information content (AvgIpc) is 2.86. The molecule has 4 heteroatoms. The maximum Gasteiger partial charge on any atom is 0.124 e. The van der Waals surface area contributed by atoms with E-state index in [0.717, 1.165) is 15.7 Å². The average molecular weight is 319 g/mol. The van der Waals surface area contributed by atoms with Gasteiger partial charge in [-0.05, 0) is 51.8 Å². The Balaban J connectivity index is 1.84. The monoisotopic (exact) mass is 318 g/mol. The summed E-state index contributed by atoms with van der Waals surface area (Å²) in [5, 5.41) is 4.51. The number of halogens is 2. The van der Waals surface area contributed by atoms with Gasteiger partial charge in [0.2, 0.25) is 0 Å². The second kappa shape index (κ2) is 5.05. The number of rotatable bonds is 3. The lowest BCUT2D eigenvalue weighted by Crippen LogP contribution is -2.00. The summed E-state index contributed by atoms with van der Waals surface area (Å²) in [6.45, 7) is 0.694. The number of hydrogen-bond donors (Lipinski definition) is 2. The minimum Gasteiger partial charge on any atom is -0.380 e. The molecule has 0 unspecified atom stereocenters. The molecule has 0 bridgehead atoms. The number of nitrogens with one attached hydrogen (secondary N) is 2. The first kappa shape index (κ1) is 12.2. The Morgan fingerprint density at radius 3 is 2.89 bits per heavy atom. The molecular weight excluding hydrogens is 307 g/mol. The normalized spacial score (nSPS) is 10.8. The highest BCUT2D eigenvalue weighted by molar-refractivity contribution is 9.10. The number of hydrogen-bond acceptors (Lipinski definition) is 1. The van der Waals surface area contributed by atoms with E-state index in [2.05, 4.69) is 38.4 Å². The number of anilines is 1. The molecule has 3 rings (SSSR count). The van der Waals surface area contributed by atoms with Gasteiger partial charge in [-0.1, -0.05) is 12.1 Å². The van der Waals surface area contributed by atoms with Crippen molar-refractivity contribution >= 4 is 32.5 Å². The SMILES string of the molecule is Fc1ccc(NCc2cccc3[nH]ccc23)c(Br)c1. The second-order valence-corrected chi connectivity index (χ2v) is 5.19. The van der Waals surface area contributed by atoms with E-state index in [1.807, 2.05) is 18.3 Å². The standard InChI is InChI=1S/C15H12BrFN2/c16-13-8-11(17)4-5-15(13)19-9-10-2-1-3-14-12(10)6-7-18-14/h1-8,18-19H,9H2. The van der Waals surface area contributed by atoms with E-state index in [4.69, 9.17) is 0 Å². The van der Waals surface area contributed by atoms with Crippen molar-refractivity contribution in [3.05, 3.63) is 64.5 Å². The van der Waals surface area contributed by atoms with E-state index in [9.17, 15) is 4.39 Å². The Kier molecular flexibility index (Phi) is 3.25. The quantitative estimate of drug-likeness (QED) is 0.721. The van der Waals surface area contributed by atoms with Gasteiger partial charge in [-0.3, -0.25) is 0 Å². The van der Waals surface area contributed by atoms with E-state index >= 15 is 0 Å². The largest absolute Gasteiger partial charge is 0.380 e. The van der Waals surface area contributed by atoms with Crippen LogP contribution < -0.4 is 5.32 Å². The molecule has 0 atom stereocenters. The summed E-state index contributed by atoms with van der Waals surface area (Å²) < 4.78 is 13.7. The van der Waals surface area contributed by atoms with E-state index < -0.39 is 0 Å². The molecular formula is C15H12BrFN2. The van der Waals surface area contributed by atoms with Crippen molar-refractivity contribution < 1.29 is 4.39 Å². The Hall–Kier alpha value is -1.81. The summed E-state index contributed by atoms with van der Waals surface area (Å²) in [5.74, 6) is -0.245. The van der Waals surface area contributed by atoms with E-state index in [1.165, 1.54) is 23.1 Å². The second-order valence-electron chi connectivity index (χ2n) is 4.33. The van der Waals surface area contributed by atoms with Crippen molar-refractivity contribution in [3.8, 4) is 0 Å². The van der Waals surface area contributed by atoms with Crippen LogP contribution in [-0.4, -0.2) is 4.98 Å². The van der Waals surface area contributed by atoms with Crippen LogP contribution >= 0.6 is 15.9 Å². The van der Waals surface area contributed by atoms with Crippen molar-refractivity contribution in [2.75, 3.05) is 5.32 Å². The van der Waals surface area contributed by atoms with Gasteiger partial charge in [0.1, 0.15) is 5.82 Å². The summed E-state index contributed by atoms with van der Waals surface area (Å²) in [7, 11) is 0. The first-order valence-electron chi connectivity index (χ1n) is 5.98. The number of fused-ring (bicyclic) bond motifs is 1. The van der Waals surface area contributed by atoms with Crippen molar-refractivity contribution in [1.82, 2.24) is 4.98 Å². The van der Waals surface area contributed by atoms with Crippen LogP contribution in [0.4, 0.5) is 10.1 Å². The zero-order chi connectivity index (χ0) is 13.2. The summed E-state index contributed by atoms with van der Waals surface area (Å²) in [5.41, 5.74) is 3.21. The van der Waals surface area contributed by atoms with Crippen LogP contribution in [-0.2, 0) is 6.54 Å². The maximum absolute atomic E-state index is 13.0. The molecule has 0 aliphatic carbocycles. The Morgan fingerprint density at radius 2 is 2.05 bits per heavy atom. The Morgan fingerprint density at radius 1 is 1.16 bits per heavy atom. The number of H-pyrrole nitrogens is 1. The predicted molar refractivity (Wildman–Crippen MR) is 79.7 cm³/mol. The molecule has 2 nitrogen and oxygen atoms in total. The van der Waals surface area contributed by atoms with Gasteiger partial charge in [-0.25, -0.2) is 4.39 Å². The third-order valence-electron chi connectivity index (χ3n) is 3.09. The first-order valence-corrected chi connectivity index (χ1v) is 6.77. The molecule has 96 valence electrons. The van der Waals surface area contributed by atoms with Crippen molar-refractivity contribution in [2.24, 2.45) is 0 Å². The molecule has 1 aromatic heterocycles. The maximum atomic E-state index is 13.0. The molecule has 0 fully saturated rings. The highest BCUT2D eigenvalue weighted by Crippen LogP contribution is 2.25. The lowest BCUT2D eigenvalue weighted by molar-refractivity contribution is 0.627. The molecule has 2 N–H and O–H groups in total. The molecule has 19 heavy (non-hydrogen) atoms. The molecule has 0 saturated heterocycles. The third kappa shape index (κ3) is 2.49. The summed E-state index contributed by atoms with van der Waals surface area (Å²) in [4.78, 5) is 3.19. The van der Waals surface area contributed by atoms with Crippen LogP contribution in [0.5, 0.6) is 0 Å². The van der Waals surface area contributed by atoms with Gasteiger partial charge in [0.25, 0.3) is 0 Å². The van der Waals surface area contributed by atoms with E-state index in [0.29, 0.717) is 6.54 Å². The summed E-state index contributed by atoms with van der Waals surface area (Å²) in [6, 6.07) is 12.9. The minimum absolute atomic E-state index is 0.245. The van der Waals surface area contributed by atoms with Gasteiger partial charge in [0.05, 0.1) is 0 Å². The molecule has 0 spiro atoms. The minimum atomic E-state index is -0.245. The summed E-state index contributed by atoms with van der Waals surface area (Å²) in [6.07, 6.45) is 1.93. The highest BCUT2D eigenvalue weighted by atomic mass is 79.9. The van der Waals surface area contributed by atoms with Crippen LogP contribution in [0.15, 0.2) is 53.1 Å². The molecule has 0 aliphatic heterocycles. The lowest BCUT2D eigenvalue weighted by Gasteiger charge is -2.09. The molecule has 0 aliphatic rings. The smallest absolute Gasteiger partial charge is 0.124 e. The van der Waals surface area contributed by atoms with Gasteiger partial charge >= 0.3 is 0 Å². The molecule has 2 aromatic carbocycles. The fourth-order valence-electron chi connectivity index (χ4n) is 2.13. The van der Waals surface area contributed by atoms with Gasteiger partial charge < -0.3 is 10.3 Å². The fraction of sp³-hybridized carbons (Fsp3) is 0.0667. The Bertz CT molecular complexity index is 721. The molecule has 3 aromatic rings. The number of aromatic amines is 1. The number of benzene rings is 2. The van der Waals surface area contributed by atoms with Crippen LogP contribution in [0.1, 0.15) is 5.56 Å². The predicted octanol–water partition coefficient (Wildman–Crippen LogP) is 4.68. The van der Waals surface area contributed by atoms with Crippen LogP contribution in [0, 0.1) is 5.82 Å². The van der Waals surface area contributed by atoms with E-state index in [-0.39, 0.29) is 5.82 Å². The van der Waals surface area contributed by atoms with Crippen molar-refractivity contribution in [2.45, 2.75) is 6.54 Å². The molecule has 1 heterocycles. The van der Waals surface area contributed by atoms with Gasteiger partial charge in [-0.15, -0.1) is 0 Å². The first-order chi connectivity index (χ1) is 9.24. The van der Waals surface area contributed by atoms with Gasteiger partial charge in [0, 0.05) is 33.8 Å². The topological polar surface area (TPSA) is 27.8 Å². The van der Waals surface area contributed by atoms with Crippen molar-refractivity contribution in [1.29, 1.82) is 0 Å². The van der Waals surface area contributed by atoms with Crippen LogP contribution in [0.3, 0.4) is 0 Å². The van der Waals surface area contributed by atoms with E-state index in [1.54, 1.807) is 6.07 Å². The lowest BCUT2D eigenvalue weighted by atomic mass is 10.1. The molecule has 0 radical (unpaired) electrons. The van der Waals surface area contributed by atoms with Gasteiger partial charge in [-0.2, -0.15) is 0 Å².